The highest BCUT2D eigenvalue weighted by Gasteiger charge is 2.45. The fourth-order valence-electron chi connectivity index (χ4n) is 3.57. The molecule has 5 heteroatoms. The van der Waals surface area contributed by atoms with Crippen LogP contribution in [0.1, 0.15) is 23.6 Å². The molecule has 0 radical (unpaired) electrons. The topological polar surface area (TPSA) is 32.6 Å². The lowest BCUT2D eigenvalue weighted by molar-refractivity contribution is 0.408. The first kappa shape index (κ1) is 12.9. The van der Waals surface area contributed by atoms with Crippen LogP contribution in [-0.2, 0) is 0 Å². The molecule has 0 amide bonds. The van der Waals surface area contributed by atoms with Gasteiger partial charge in [-0.2, -0.15) is 0 Å². The molecule has 23 heavy (non-hydrogen) atoms. The van der Waals surface area contributed by atoms with Crippen molar-refractivity contribution in [3.05, 3.63) is 71.9 Å². The number of rotatable bonds is 2. The van der Waals surface area contributed by atoms with E-state index in [0.717, 1.165) is 17.8 Å². The van der Waals surface area contributed by atoms with Crippen LogP contribution in [0, 0.1) is 12.8 Å². The minimum Gasteiger partial charge on any atom is -0.364 e. The van der Waals surface area contributed by atoms with Crippen LogP contribution in [0.2, 0.25) is 0 Å². The Balaban J connectivity index is 1.39. The number of nitrogens with zero attached hydrogens (tertiary/aromatic N) is 3. The zero-order valence-corrected chi connectivity index (χ0v) is 12.8. The highest BCUT2D eigenvalue weighted by Crippen LogP contribution is 2.51. The molecule has 5 rings (SSSR count). The third-order valence-electron chi connectivity index (χ3n) is 4.91. The summed E-state index contributed by atoms with van der Waals surface area (Å²) in [5, 5.41) is 3.41. The lowest BCUT2D eigenvalue weighted by atomic mass is 10.2. The highest BCUT2D eigenvalue weighted by atomic mass is 19.1. The Kier molecular flexibility index (Phi) is 2.52. The minimum atomic E-state index is -0.184. The van der Waals surface area contributed by atoms with E-state index in [1.165, 1.54) is 17.3 Å². The van der Waals surface area contributed by atoms with Gasteiger partial charge in [-0.15, -0.1) is 0 Å². The van der Waals surface area contributed by atoms with Gasteiger partial charge in [0.05, 0.1) is 5.69 Å². The standard InChI is InChI=1S/C18H17FN4/c1-11-3-2-5-23-10-16(21-18(11)23)14-8-13(14)15-9-22-6-4-12(19)7-17(22)20-15/h2-7,9-10,13-14,17,20H,8H2,1H3. The normalized spacial score (nSPS) is 28.4. The number of halogens is 1. The van der Waals surface area contributed by atoms with Crippen molar-refractivity contribution in [2.45, 2.75) is 25.4 Å². The predicted octanol–water partition coefficient (Wildman–Crippen LogP) is 3.20. The summed E-state index contributed by atoms with van der Waals surface area (Å²) in [5.74, 6) is 0.722. The Morgan fingerprint density at radius 3 is 3.13 bits per heavy atom. The van der Waals surface area contributed by atoms with Crippen molar-refractivity contribution in [2.24, 2.45) is 5.92 Å². The molecule has 2 aliphatic heterocycles. The second-order valence-corrected chi connectivity index (χ2v) is 6.52. The van der Waals surface area contributed by atoms with Gasteiger partial charge in [-0.05, 0) is 37.1 Å². The van der Waals surface area contributed by atoms with E-state index < -0.39 is 0 Å². The molecule has 116 valence electrons. The second-order valence-electron chi connectivity index (χ2n) is 6.52. The van der Waals surface area contributed by atoms with Crippen molar-refractivity contribution in [2.75, 3.05) is 0 Å². The molecule has 0 spiro atoms. The number of hydrogen-bond donors (Lipinski definition) is 1. The van der Waals surface area contributed by atoms with Crippen LogP contribution in [0.3, 0.4) is 0 Å². The average Bonchev–Trinajstić information content (AvgIpc) is 3.02. The zero-order chi connectivity index (χ0) is 15.6. The van der Waals surface area contributed by atoms with Crippen molar-refractivity contribution in [1.82, 2.24) is 19.6 Å². The van der Waals surface area contributed by atoms with Gasteiger partial charge in [-0.1, -0.05) is 6.07 Å². The monoisotopic (exact) mass is 308 g/mol. The molecule has 2 aromatic heterocycles. The molecule has 1 saturated carbocycles. The van der Waals surface area contributed by atoms with Gasteiger partial charge in [0.2, 0.25) is 0 Å². The van der Waals surface area contributed by atoms with Crippen LogP contribution >= 0.6 is 0 Å². The van der Waals surface area contributed by atoms with Gasteiger partial charge in [0, 0.05) is 42.3 Å². The second kappa shape index (κ2) is 4.47. The van der Waals surface area contributed by atoms with E-state index in [9.17, 15) is 4.39 Å². The Hall–Kier alpha value is -2.56. The van der Waals surface area contributed by atoms with E-state index >= 15 is 0 Å². The number of fused-ring (bicyclic) bond motifs is 2. The minimum absolute atomic E-state index is 0.0837. The van der Waals surface area contributed by atoms with Crippen LogP contribution < -0.4 is 5.32 Å². The van der Waals surface area contributed by atoms with Gasteiger partial charge < -0.3 is 14.6 Å². The summed E-state index contributed by atoms with van der Waals surface area (Å²) in [5.41, 5.74) is 4.56. The van der Waals surface area contributed by atoms with E-state index in [-0.39, 0.29) is 12.0 Å². The molecule has 4 nitrogen and oxygen atoms in total. The third kappa shape index (κ3) is 2.00. The lowest BCUT2D eigenvalue weighted by Gasteiger charge is -2.21. The van der Waals surface area contributed by atoms with Gasteiger partial charge in [0.25, 0.3) is 0 Å². The largest absolute Gasteiger partial charge is 0.364 e. The molecule has 1 fully saturated rings. The maximum absolute atomic E-state index is 13.3. The van der Waals surface area contributed by atoms with E-state index in [1.54, 1.807) is 12.3 Å². The number of aryl methyl sites for hydroxylation is 1. The summed E-state index contributed by atoms with van der Waals surface area (Å²) in [7, 11) is 0. The number of hydrogen-bond acceptors (Lipinski definition) is 3. The first-order chi connectivity index (χ1) is 11.2. The average molecular weight is 308 g/mol. The summed E-state index contributed by atoms with van der Waals surface area (Å²) in [6.07, 6.45) is 12.2. The molecule has 0 aromatic carbocycles. The lowest BCUT2D eigenvalue weighted by Crippen LogP contribution is -2.32. The van der Waals surface area contributed by atoms with Crippen molar-refractivity contribution in [3.8, 4) is 0 Å². The fourth-order valence-corrected chi connectivity index (χ4v) is 3.57. The number of pyridine rings is 1. The van der Waals surface area contributed by atoms with Crippen LogP contribution in [0.15, 0.2) is 60.6 Å². The van der Waals surface area contributed by atoms with E-state index in [2.05, 4.69) is 35.1 Å². The molecule has 0 bridgehead atoms. The first-order valence-electron chi connectivity index (χ1n) is 7.94. The number of nitrogens with one attached hydrogen (secondary N) is 1. The Labute approximate surface area is 133 Å². The molecule has 3 atom stereocenters. The van der Waals surface area contributed by atoms with Crippen molar-refractivity contribution >= 4 is 5.65 Å². The Bertz CT molecular complexity index is 892. The number of aromatic nitrogens is 2. The zero-order valence-electron chi connectivity index (χ0n) is 12.8. The molecule has 2 aromatic rings. The molecular weight excluding hydrogens is 291 g/mol. The molecule has 0 saturated heterocycles. The summed E-state index contributed by atoms with van der Waals surface area (Å²) >= 11 is 0. The van der Waals surface area contributed by atoms with Gasteiger partial charge in [-0.25, -0.2) is 9.37 Å². The van der Waals surface area contributed by atoms with E-state index in [1.807, 2.05) is 17.2 Å². The summed E-state index contributed by atoms with van der Waals surface area (Å²) in [6, 6.07) is 4.13. The molecule has 3 unspecified atom stereocenters. The van der Waals surface area contributed by atoms with Crippen molar-refractivity contribution in [1.29, 1.82) is 0 Å². The maximum atomic E-state index is 13.3. The summed E-state index contributed by atoms with van der Waals surface area (Å²) < 4.78 is 15.4. The molecule has 3 aliphatic rings. The fraction of sp³-hybridized carbons (Fsp3) is 0.278. The summed E-state index contributed by atoms with van der Waals surface area (Å²) in [6.45, 7) is 2.09. The number of allylic oxidation sites excluding steroid dienone is 3. The predicted molar refractivity (Wildman–Crippen MR) is 86.0 cm³/mol. The van der Waals surface area contributed by atoms with Crippen LogP contribution in [0.5, 0.6) is 0 Å². The van der Waals surface area contributed by atoms with Crippen LogP contribution in [-0.4, -0.2) is 20.5 Å². The van der Waals surface area contributed by atoms with Gasteiger partial charge in [0.15, 0.2) is 0 Å². The maximum Gasteiger partial charge on any atom is 0.139 e. The summed E-state index contributed by atoms with van der Waals surface area (Å²) in [4.78, 5) is 6.82. The number of imidazole rings is 1. The first-order valence-corrected chi connectivity index (χ1v) is 7.94. The van der Waals surface area contributed by atoms with E-state index in [0.29, 0.717) is 11.8 Å². The van der Waals surface area contributed by atoms with Crippen molar-refractivity contribution in [3.63, 3.8) is 0 Å². The molecule has 1 N–H and O–H groups in total. The smallest absolute Gasteiger partial charge is 0.139 e. The van der Waals surface area contributed by atoms with E-state index in [4.69, 9.17) is 4.98 Å². The quantitative estimate of drug-likeness (QED) is 0.925. The van der Waals surface area contributed by atoms with Gasteiger partial charge >= 0.3 is 0 Å². The van der Waals surface area contributed by atoms with Gasteiger partial charge in [-0.3, -0.25) is 0 Å². The van der Waals surface area contributed by atoms with Gasteiger partial charge in [0.1, 0.15) is 17.6 Å². The third-order valence-corrected chi connectivity index (χ3v) is 4.91. The van der Waals surface area contributed by atoms with Crippen LogP contribution in [0.4, 0.5) is 4.39 Å². The van der Waals surface area contributed by atoms with Crippen LogP contribution in [0.25, 0.3) is 5.65 Å². The highest BCUT2D eigenvalue weighted by molar-refractivity contribution is 5.49. The SMILES string of the molecule is Cc1cccn2cc(C3CC3C3=CN4C=CC(F)=CC4N3)nc12. The Morgan fingerprint density at radius 2 is 2.26 bits per heavy atom. The molecule has 1 aliphatic carbocycles. The van der Waals surface area contributed by atoms with Crippen molar-refractivity contribution < 1.29 is 4.39 Å². The molecule has 4 heterocycles. The molecular formula is C18H17FN4. The Morgan fingerprint density at radius 1 is 1.35 bits per heavy atom.